The Labute approximate surface area is 258 Å². The third-order valence-corrected chi connectivity index (χ3v) is 9.54. The number of imidazole rings is 1. The van der Waals surface area contributed by atoms with E-state index in [0.29, 0.717) is 11.8 Å². The summed E-state index contributed by atoms with van der Waals surface area (Å²) < 4.78 is 10.9. The van der Waals surface area contributed by atoms with E-state index < -0.39 is 0 Å². The van der Waals surface area contributed by atoms with Crippen LogP contribution in [-0.4, -0.2) is 4.40 Å². The average molecular weight is 574 g/mol. The summed E-state index contributed by atoms with van der Waals surface area (Å²) in [6, 6.07) is 35.9. The first-order chi connectivity index (χ1) is 21.3. The monoisotopic (exact) mass is 573 g/mol. The first-order valence-electron chi connectivity index (χ1n) is 15.7. The van der Waals surface area contributed by atoms with Crippen molar-refractivity contribution in [1.82, 2.24) is 4.40 Å². The second-order valence-electron chi connectivity index (χ2n) is 12.9. The van der Waals surface area contributed by atoms with Crippen LogP contribution in [0.25, 0.3) is 71.6 Å². The van der Waals surface area contributed by atoms with Crippen molar-refractivity contribution in [3.05, 3.63) is 120 Å². The maximum atomic E-state index is 6.09. The van der Waals surface area contributed by atoms with E-state index in [1.165, 1.54) is 66.3 Å². The summed E-state index contributed by atoms with van der Waals surface area (Å²) in [5, 5.41) is 4.94. The lowest BCUT2D eigenvalue weighted by molar-refractivity contribution is -0.616. The molecule has 44 heavy (non-hydrogen) atoms. The van der Waals surface area contributed by atoms with Gasteiger partial charge in [0.1, 0.15) is 5.52 Å². The van der Waals surface area contributed by atoms with Crippen LogP contribution in [0.4, 0.5) is 0 Å². The van der Waals surface area contributed by atoms with Crippen molar-refractivity contribution in [2.24, 2.45) is 7.05 Å². The summed E-state index contributed by atoms with van der Waals surface area (Å²) in [5.41, 5.74) is 14.8. The SMILES string of the molecule is Cc1cccc2c3ccc(-c4c(C(C)C)cc(-c5ccccc5)cc4C(C)C)cc3n3c4ccc5ccoc5c4[n+](C)c3c12. The third-order valence-electron chi connectivity index (χ3n) is 9.54. The van der Waals surface area contributed by atoms with Gasteiger partial charge in [0.25, 0.3) is 5.65 Å². The van der Waals surface area contributed by atoms with Gasteiger partial charge in [0.05, 0.1) is 18.7 Å². The third kappa shape index (κ3) is 3.78. The summed E-state index contributed by atoms with van der Waals surface area (Å²) in [6.07, 6.45) is 1.80. The van der Waals surface area contributed by atoms with Crippen molar-refractivity contribution in [3.8, 4) is 22.3 Å². The fraction of sp³-hybridized carbons (Fsp3) is 0.195. The van der Waals surface area contributed by atoms with Crippen molar-refractivity contribution in [1.29, 1.82) is 0 Å². The fourth-order valence-electron chi connectivity index (χ4n) is 7.42. The molecule has 0 saturated carbocycles. The van der Waals surface area contributed by atoms with Crippen LogP contribution < -0.4 is 4.57 Å². The minimum absolute atomic E-state index is 0.374. The molecule has 3 nitrogen and oxygen atoms in total. The lowest BCUT2D eigenvalue weighted by atomic mass is 9.82. The standard InChI is InChI=1S/C41H37N2O/c1-24(2)33-21-30(27-12-8-7-9-13-27)22-34(25(3)4)38(33)29-15-17-31-32-14-10-11-26(5)37(32)41-42(6)39-35(43(41)36(31)23-29)18-16-28-19-20-44-40(28)39/h7-25H,1-6H3/q+1. The highest BCUT2D eigenvalue weighted by atomic mass is 16.3. The molecule has 0 radical (unpaired) electrons. The van der Waals surface area contributed by atoms with Crippen LogP contribution in [0, 0.1) is 6.92 Å². The van der Waals surface area contributed by atoms with Crippen molar-refractivity contribution in [2.75, 3.05) is 0 Å². The van der Waals surface area contributed by atoms with Crippen LogP contribution in [0.15, 0.2) is 108 Å². The summed E-state index contributed by atoms with van der Waals surface area (Å²) in [5.74, 6) is 0.747. The maximum Gasteiger partial charge on any atom is 0.295 e. The predicted molar refractivity (Wildman–Crippen MR) is 185 cm³/mol. The molecule has 0 bridgehead atoms. The Morgan fingerprint density at radius 3 is 2.14 bits per heavy atom. The Morgan fingerprint density at radius 2 is 1.41 bits per heavy atom. The van der Waals surface area contributed by atoms with Crippen LogP contribution in [0.5, 0.6) is 0 Å². The van der Waals surface area contributed by atoms with E-state index in [1.807, 2.05) is 0 Å². The normalized spacial score (nSPS) is 12.3. The zero-order valence-electron chi connectivity index (χ0n) is 26.3. The van der Waals surface area contributed by atoms with Crippen molar-refractivity contribution < 1.29 is 8.98 Å². The number of aromatic nitrogens is 2. The van der Waals surface area contributed by atoms with E-state index in [9.17, 15) is 0 Å². The molecule has 0 aliphatic heterocycles. The molecular weight excluding hydrogens is 536 g/mol. The molecular formula is C41H37N2O+. The molecule has 3 heterocycles. The fourth-order valence-corrected chi connectivity index (χ4v) is 7.42. The molecule has 5 aromatic carbocycles. The molecule has 216 valence electrons. The molecule has 0 aliphatic carbocycles. The number of hydrogen-bond donors (Lipinski definition) is 0. The number of furan rings is 1. The summed E-state index contributed by atoms with van der Waals surface area (Å²) >= 11 is 0. The molecule has 0 aliphatic rings. The quantitative estimate of drug-likeness (QED) is 0.152. The highest BCUT2D eigenvalue weighted by molar-refractivity contribution is 6.15. The van der Waals surface area contributed by atoms with E-state index in [2.05, 4.69) is 148 Å². The van der Waals surface area contributed by atoms with Gasteiger partial charge in [-0.05, 0) is 88.0 Å². The van der Waals surface area contributed by atoms with Gasteiger partial charge in [0.2, 0.25) is 5.52 Å². The molecule has 0 amide bonds. The summed E-state index contributed by atoms with van der Waals surface area (Å²) in [4.78, 5) is 0. The van der Waals surface area contributed by atoms with Gasteiger partial charge < -0.3 is 4.42 Å². The highest BCUT2D eigenvalue weighted by Gasteiger charge is 2.27. The summed E-state index contributed by atoms with van der Waals surface area (Å²) in [6.45, 7) is 11.5. The first-order valence-corrected chi connectivity index (χ1v) is 15.7. The molecule has 0 unspecified atom stereocenters. The van der Waals surface area contributed by atoms with Crippen molar-refractivity contribution >= 4 is 49.3 Å². The van der Waals surface area contributed by atoms with E-state index >= 15 is 0 Å². The van der Waals surface area contributed by atoms with Gasteiger partial charge in [-0.1, -0.05) is 94.4 Å². The largest absolute Gasteiger partial charge is 0.460 e. The molecule has 8 rings (SSSR count). The van der Waals surface area contributed by atoms with E-state index in [4.69, 9.17) is 4.42 Å². The van der Waals surface area contributed by atoms with Gasteiger partial charge in [-0.15, -0.1) is 0 Å². The van der Waals surface area contributed by atoms with E-state index in [1.54, 1.807) is 6.26 Å². The first kappa shape index (κ1) is 26.7. The molecule has 0 fully saturated rings. The molecule has 8 aromatic rings. The van der Waals surface area contributed by atoms with Gasteiger partial charge in [-0.2, -0.15) is 4.40 Å². The van der Waals surface area contributed by atoms with Crippen LogP contribution in [-0.2, 0) is 7.05 Å². The minimum Gasteiger partial charge on any atom is -0.460 e. The average Bonchev–Trinajstić information content (AvgIpc) is 3.63. The second kappa shape index (κ2) is 9.82. The zero-order valence-corrected chi connectivity index (χ0v) is 26.3. The lowest BCUT2D eigenvalue weighted by Crippen LogP contribution is -2.27. The van der Waals surface area contributed by atoms with Crippen molar-refractivity contribution in [3.63, 3.8) is 0 Å². The summed E-state index contributed by atoms with van der Waals surface area (Å²) in [7, 11) is 2.18. The zero-order chi connectivity index (χ0) is 30.3. The number of benzene rings is 5. The Balaban J connectivity index is 1.52. The number of aryl methyl sites for hydroxylation is 2. The Bertz CT molecular complexity index is 2370. The molecule has 0 spiro atoms. The van der Waals surface area contributed by atoms with Gasteiger partial charge in [0.15, 0.2) is 11.1 Å². The number of hydrogen-bond acceptors (Lipinski definition) is 1. The maximum absolute atomic E-state index is 6.09. The smallest absolute Gasteiger partial charge is 0.295 e. The molecule has 0 atom stereocenters. The molecule has 3 aromatic heterocycles. The van der Waals surface area contributed by atoms with Crippen LogP contribution >= 0.6 is 0 Å². The Kier molecular flexibility index (Phi) is 5.96. The van der Waals surface area contributed by atoms with Crippen LogP contribution in [0.2, 0.25) is 0 Å². The van der Waals surface area contributed by atoms with Gasteiger partial charge >= 0.3 is 0 Å². The molecule has 0 N–H and O–H groups in total. The lowest BCUT2D eigenvalue weighted by Gasteiger charge is -2.22. The van der Waals surface area contributed by atoms with E-state index in [-0.39, 0.29) is 0 Å². The highest BCUT2D eigenvalue weighted by Crippen LogP contribution is 2.42. The topological polar surface area (TPSA) is 21.4 Å². The Morgan fingerprint density at radius 1 is 0.659 bits per heavy atom. The predicted octanol–water partition coefficient (Wildman–Crippen LogP) is 10.9. The van der Waals surface area contributed by atoms with Gasteiger partial charge in [-0.3, -0.25) is 0 Å². The van der Waals surface area contributed by atoms with E-state index in [0.717, 1.165) is 22.0 Å². The minimum atomic E-state index is 0.374. The number of nitrogens with zero attached hydrogens (tertiary/aromatic N) is 2. The number of pyridine rings is 1. The van der Waals surface area contributed by atoms with Crippen molar-refractivity contribution in [2.45, 2.75) is 46.5 Å². The Hall–Kier alpha value is -4.89. The number of fused-ring (bicyclic) bond motifs is 10. The van der Waals surface area contributed by atoms with Crippen LogP contribution in [0.3, 0.4) is 0 Å². The van der Waals surface area contributed by atoms with Crippen LogP contribution in [0.1, 0.15) is 56.2 Å². The van der Waals surface area contributed by atoms with Gasteiger partial charge in [0, 0.05) is 16.2 Å². The number of rotatable bonds is 4. The molecule has 3 heteroatoms. The molecule has 0 saturated heterocycles. The van der Waals surface area contributed by atoms with Gasteiger partial charge in [-0.25, -0.2) is 4.57 Å². The second-order valence-corrected chi connectivity index (χ2v) is 12.9.